The molecule has 2 rings (SSSR count). The first-order valence-corrected chi connectivity index (χ1v) is 5.39. The first kappa shape index (κ1) is 10.7. The van der Waals surface area contributed by atoms with E-state index < -0.39 is 0 Å². The van der Waals surface area contributed by atoms with Crippen LogP contribution in [0.1, 0.15) is 18.1 Å². The summed E-state index contributed by atoms with van der Waals surface area (Å²) in [4.78, 5) is 4.26. The van der Waals surface area contributed by atoms with E-state index in [0.717, 1.165) is 23.4 Å². The Morgan fingerprint density at radius 3 is 2.56 bits per heavy atom. The van der Waals surface area contributed by atoms with Crippen LogP contribution in [0, 0.1) is 6.92 Å². The van der Waals surface area contributed by atoms with E-state index in [9.17, 15) is 0 Å². The number of benzene rings is 1. The van der Waals surface area contributed by atoms with Gasteiger partial charge in [-0.25, -0.2) is 4.99 Å². The summed E-state index contributed by atoms with van der Waals surface area (Å²) >= 11 is 0. The normalized spacial score (nSPS) is 16.5. The lowest BCUT2D eigenvalue weighted by Crippen LogP contribution is -2.08. The van der Waals surface area contributed by atoms with Gasteiger partial charge in [0, 0.05) is 11.3 Å². The Morgan fingerprint density at radius 2 is 2.00 bits per heavy atom. The average Bonchev–Trinajstić information content (AvgIpc) is 2.81. The molecule has 0 unspecified atom stereocenters. The summed E-state index contributed by atoms with van der Waals surface area (Å²) in [6.07, 6.45) is 0. The molecule has 0 spiro atoms. The second-order valence-electron chi connectivity index (χ2n) is 3.94. The van der Waals surface area contributed by atoms with Crippen molar-refractivity contribution in [3.8, 4) is 0 Å². The van der Waals surface area contributed by atoms with E-state index in [2.05, 4.69) is 11.9 Å². The van der Waals surface area contributed by atoms with Gasteiger partial charge in [-0.1, -0.05) is 29.8 Å². The number of hydrogen-bond acceptors (Lipinski definition) is 3. The van der Waals surface area contributed by atoms with Gasteiger partial charge in [0.2, 0.25) is 5.90 Å². The third-order valence-corrected chi connectivity index (χ3v) is 2.67. The lowest BCUT2D eigenvalue weighted by molar-refractivity contribution is 0.347. The highest BCUT2D eigenvalue weighted by Crippen LogP contribution is 2.17. The van der Waals surface area contributed by atoms with Crippen molar-refractivity contribution in [3.63, 3.8) is 0 Å². The van der Waals surface area contributed by atoms with Crippen LogP contribution in [0.5, 0.6) is 0 Å². The van der Waals surface area contributed by atoms with Gasteiger partial charge in [0.15, 0.2) is 0 Å². The lowest BCUT2D eigenvalue weighted by Gasteiger charge is -2.08. The zero-order valence-electron chi connectivity index (χ0n) is 9.66. The molecule has 3 nitrogen and oxygen atoms in total. The van der Waals surface area contributed by atoms with Crippen molar-refractivity contribution in [2.75, 3.05) is 13.2 Å². The van der Waals surface area contributed by atoms with Crippen LogP contribution in [-0.2, 0) is 4.74 Å². The van der Waals surface area contributed by atoms with Crippen molar-refractivity contribution in [1.82, 2.24) is 0 Å². The number of nitrogens with zero attached hydrogens (tertiary/aromatic N) is 1. The van der Waals surface area contributed by atoms with Crippen molar-refractivity contribution in [3.05, 3.63) is 41.0 Å². The molecule has 1 aromatic rings. The van der Waals surface area contributed by atoms with Crippen LogP contribution in [0.25, 0.3) is 5.70 Å². The monoisotopic (exact) mass is 216 g/mol. The summed E-state index contributed by atoms with van der Waals surface area (Å²) in [5.41, 5.74) is 9.98. The molecule has 0 fully saturated rings. The molecule has 0 aromatic heterocycles. The summed E-state index contributed by atoms with van der Waals surface area (Å²) in [7, 11) is 0. The van der Waals surface area contributed by atoms with Gasteiger partial charge in [-0.3, -0.25) is 0 Å². The van der Waals surface area contributed by atoms with Crippen LogP contribution in [0.15, 0.2) is 34.8 Å². The number of aliphatic imine (C=N–C) groups is 1. The Kier molecular flexibility index (Phi) is 2.95. The largest absolute Gasteiger partial charge is 0.476 e. The van der Waals surface area contributed by atoms with Gasteiger partial charge in [-0.15, -0.1) is 0 Å². The Bertz CT molecular complexity index is 444. The molecule has 2 N–H and O–H groups in total. The van der Waals surface area contributed by atoms with Gasteiger partial charge >= 0.3 is 0 Å². The third-order valence-electron chi connectivity index (χ3n) is 2.67. The Balaban J connectivity index is 2.32. The quantitative estimate of drug-likeness (QED) is 0.823. The first-order valence-electron chi connectivity index (χ1n) is 5.39. The molecule has 1 aliphatic heterocycles. The number of rotatable bonds is 2. The van der Waals surface area contributed by atoms with E-state index >= 15 is 0 Å². The second-order valence-corrected chi connectivity index (χ2v) is 3.94. The van der Waals surface area contributed by atoms with Crippen LogP contribution < -0.4 is 5.73 Å². The minimum absolute atomic E-state index is 0.661. The van der Waals surface area contributed by atoms with Crippen molar-refractivity contribution < 1.29 is 4.74 Å². The molecule has 0 saturated carbocycles. The fourth-order valence-electron chi connectivity index (χ4n) is 1.63. The first-order chi connectivity index (χ1) is 7.68. The Labute approximate surface area is 95.6 Å². The van der Waals surface area contributed by atoms with Crippen LogP contribution in [0.3, 0.4) is 0 Å². The molecule has 0 saturated heterocycles. The van der Waals surface area contributed by atoms with Crippen LogP contribution in [0.2, 0.25) is 0 Å². The molecule has 84 valence electrons. The highest BCUT2D eigenvalue weighted by molar-refractivity contribution is 6.00. The maximum Gasteiger partial charge on any atom is 0.213 e. The predicted octanol–water partition coefficient (Wildman–Crippen LogP) is 2.11. The number of aryl methyl sites for hydroxylation is 1. The summed E-state index contributed by atoms with van der Waals surface area (Å²) < 4.78 is 5.39. The van der Waals surface area contributed by atoms with Gasteiger partial charge in [0.25, 0.3) is 0 Å². The SMILES string of the molecule is C/C(C1=NCCO1)=C(/N)c1ccc(C)cc1. The van der Waals surface area contributed by atoms with E-state index in [4.69, 9.17) is 10.5 Å². The topological polar surface area (TPSA) is 47.6 Å². The average molecular weight is 216 g/mol. The zero-order chi connectivity index (χ0) is 11.5. The third kappa shape index (κ3) is 2.08. The molecule has 1 heterocycles. The molecule has 1 aliphatic rings. The predicted molar refractivity (Wildman–Crippen MR) is 66.2 cm³/mol. The molecule has 0 aliphatic carbocycles. The highest BCUT2D eigenvalue weighted by Gasteiger charge is 2.13. The number of ether oxygens (including phenoxy) is 1. The van der Waals surface area contributed by atoms with E-state index in [1.165, 1.54) is 5.56 Å². The van der Waals surface area contributed by atoms with Crippen molar-refractivity contribution >= 4 is 11.6 Å². The smallest absolute Gasteiger partial charge is 0.213 e. The molecule has 0 amide bonds. The van der Waals surface area contributed by atoms with E-state index in [1.54, 1.807) is 0 Å². The molecule has 0 atom stereocenters. The van der Waals surface area contributed by atoms with Crippen LogP contribution >= 0.6 is 0 Å². The maximum atomic E-state index is 6.09. The van der Waals surface area contributed by atoms with Gasteiger partial charge in [0.1, 0.15) is 6.61 Å². The molecule has 0 bridgehead atoms. The van der Waals surface area contributed by atoms with Gasteiger partial charge in [0.05, 0.1) is 6.54 Å². The lowest BCUT2D eigenvalue weighted by atomic mass is 10.1. The van der Waals surface area contributed by atoms with Gasteiger partial charge in [-0.2, -0.15) is 0 Å². The van der Waals surface area contributed by atoms with E-state index in [1.807, 2.05) is 31.2 Å². The van der Waals surface area contributed by atoms with E-state index in [0.29, 0.717) is 12.5 Å². The van der Waals surface area contributed by atoms with Crippen LogP contribution in [-0.4, -0.2) is 19.0 Å². The summed E-state index contributed by atoms with van der Waals surface area (Å²) in [5.74, 6) is 0.679. The second kappa shape index (κ2) is 4.39. The van der Waals surface area contributed by atoms with Crippen molar-refractivity contribution in [1.29, 1.82) is 0 Å². The maximum absolute atomic E-state index is 6.09. The van der Waals surface area contributed by atoms with Crippen molar-refractivity contribution in [2.24, 2.45) is 10.7 Å². The highest BCUT2D eigenvalue weighted by atomic mass is 16.5. The molecule has 16 heavy (non-hydrogen) atoms. The summed E-state index contributed by atoms with van der Waals surface area (Å²) in [6, 6.07) is 8.13. The van der Waals surface area contributed by atoms with Gasteiger partial charge in [-0.05, 0) is 19.4 Å². The van der Waals surface area contributed by atoms with Crippen molar-refractivity contribution in [2.45, 2.75) is 13.8 Å². The minimum Gasteiger partial charge on any atom is -0.476 e. The fraction of sp³-hybridized carbons (Fsp3) is 0.308. The standard InChI is InChI=1S/C13H16N2O/c1-9-3-5-11(6-4-9)12(14)10(2)13-15-7-8-16-13/h3-6H,7-8,14H2,1-2H3/b12-10-. The Hall–Kier alpha value is -1.77. The van der Waals surface area contributed by atoms with Gasteiger partial charge < -0.3 is 10.5 Å². The molecular weight excluding hydrogens is 200 g/mol. The number of nitrogens with two attached hydrogens (primary N) is 1. The summed E-state index contributed by atoms with van der Waals surface area (Å²) in [5, 5.41) is 0. The molecule has 1 aromatic carbocycles. The molecule has 0 radical (unpaired) electrons. The molecule has 3 heteroatoms. The molecular formula is C13H16N2O. The number of hydrogen-bond donors (Lipinski definition) is 1. The summed E-state index contributed by atoms with van der Waals surface area (Å²) in [6.45, 7) is 5.39. The zero-order valence-corrected chi connectivity index (χ0v) is 9.66. The Morgan fingerprint density at radius 1 is 1.31 bits per heavy atom. The fourth-order valence-corrected chi connectivity index (χ4v) is 1.63. The minimum atomic E-state index is 0.661. The van der Waals surface area contributed by atoms with E-state index in [-0.39, 0.29) is 0 Å². The van der Waals surface area contributed by atoms with Crippen LogP contribution in [0.4, 0.5) is 0 Å².